The van der Waals surface area contributed by atoms with Crippen LogP contribution in [0.3, 0.4) is 0 Å². The second-order valence-corrected chi connectivity index (χ2v) is 6.17. The van der Waals surface area contributed by atoms with Gasteiger partial charge in [0.15, 0.2) is 0 Å². The van der Waals surface area contributed by atoms with Gasteiger partial charge in [-0.3, -0.25) is 0 Å². The van der Waals surface area contributed by atoms with Crippen LogP contribution >= 0.6 is 15.9 Å². The summed E-state index contributed by atoms with van der Waals surface area (Å²) >= 11 is 3.42. The Labute approximate surface area is 153 Å². The van der Waals surface area contributed by atoms with Gasteiger partial charge in [-0.25, -0.2) is 9.78 Å². The predicted molar refractivity (Wildman–Crippen MR) is 103 cm³/mol. The Morgan fingerprint density at radius 2 is 2.16 bits per heavy atom. The van der Waals surface area contributed by atoms with Crippen LogP contribution in [-0.2, 0) is 9.53 Å². The van der Waals surface area contributed by atoms with Gasteiger partial charge in [-0.15, -0.1) is 0 Å². The van der Waals surface area contributed by atoms with Gasteiger partial charge >= 0.3 is 5.97 Å². The standard InChI is InChI=1S/C18H17BrN4O2/c1-2-25-18(24)12(10-21-14-6-4-3-5-13(14)20)17-22-15-8-7-11(19)9-16(15)23-17/h3-10,21H,2,20H2,1H3,(H,22,23)/b12-10+. The van der Waals surface area contributed by atoms with Gasteiger partial charge in [0.05, 0.1) is 29.0 Å². The maximum Gasteiger partial charge on any atom is 0.343 e. The lowest BCUT2D eigenvalue weighted by Gasteiger charge is -2.08. The van der Waals surface area contributed by atoms with Gasteiger partial charge < -0.3 is 20.8 Å². The van der Waals surface area contributed by atoms with E-state index in [1.54, 1.807) is 19.2 Å². The topological polar surface area (TPSA) is 93.0 Å². The molecule has 0 fully saturated rings. The Morgan fingerprint density at radius 3 is 2.92 bits per heavy atom. The van der Waals surface area contributed by atoms with E-state index in [9.17, 15) is 4.79 Å². The minimum absolute atomic E-state index is 0.273. The van der Waals surface area contributed by atoms with Crippen LogP contribution in [0.2, 0.25) is 0 Å². The molecule has 0 saturated heterocycles. The van der Waals surface area contributed by atoms with E-state index in [1.165, 1.54) is 0 Å². The number of nitrogens with two attached hydrogens (primary N) is 1. The summed E-state index contributed by atoms with van der Waals surface area (Å²) in [7, 11) is 0. The fourth-order valence-electron chi connectivity index (χ4n) is 2.32. The molecular formula is C18H17BrN4O2. The van der Waals surface area contributed by atoms with Crippen LogP contribution in [0.25, 0.3) is 16.6 Å². The number of para-hydroxylation sites is 2. The highest BCUT2D eigenvalue weighted by Gasteiger charge is 2.17. The largest absolute Gasteiger partial charge is 0.462 e. The Morgan fingerprint density at radius 1 is 1.36 bits per heavy atom. The SMILES string of the molecule is CCOC(=O)/C(=C/Nc1ccccc1N)c1nc2ccc(Br)cc2[nH]1. The van der Waals surface area contributed by atoms with Crippen molar-refractivity contribution in [3.8, 4) is 0 Å². The number of rotatable bonds is 5. The predicted octanol–water partition coefficient (Wildman–Crippen LogP) is 3.92. The van der Waals surface area contributed by atoms with Crippen molar-refractivity contribution < 1.29 is 9.53 Å². The molecule has 6 nitrogen and oxygen atoms in total. The number of nitrogens with zero attached hydrogens (tertiary/aromatic N) is 1. The average Bonchev–Trinajstić information content (AvgIpc) is 2.99. The highest BCUT2D eigenvalue weighted by molar-refractivity contribution is 9.10. The van der Waals surface area contributed by atoms with Gasteiger partial charge in [-0.2, -0.15) is 0 Å². The number of nitrogen functional groups attached to an aromatic ring is 1. The van der Waals surface area contributed by atoms with E-state index in [4.69, 9.17) is 10.5 Å². The monoisotopic (exact) mass is 400 g/mol. The van der Waals surface area contributed by atoms with E-state index in [1.807, 2.05) is 36.4 Å². The van der Waals surface area contributed by atoms with E-state index in [2.05, 4.69) is 31.2 Å². The number of fused-ring (bicyclic) bond motifs is 1. The minimum Gasteiger partial charge on any atom is -0.462 e. The highest BCUT2D eigenvalue weighted by Crippen LogP contribution is 2.23. The Hall–Kier alpha value is -2.80. The second kappa shape index (κ2) is 7.40. The molecule has 1 aromatic heterocycles. The van der Waals surface area contributed by atoms with Crippen molar-refractivity contribution in [1.29, 1.82) is 0 Å². The zero-order chi connectivity index (χ0) is 17.8. The summed E-state index contributed by atoms with van der Waals surface area (Å²) < 4.78 is 6.07. The fraction of sp³-hybridized carbons (Fsp3) is 0.111. The van der Waals surface area contributed by atoms with E-state index in [-0.39, 0.29) is 12.2 Å². The second-order valence-electron chi connectivity index (χ2n) is 5.26. The van der Waals surface area contributed by atoms with Crippen molar-refractivity contribution in [2.75, 3.05) is 17.7 Å². The molecule has 0 aliphatic heterocycles. The van der Waals surface area contributed by atoms with E-state index >= 15 is 0 Å². The summed E-state index contributed by atoms with van der Waals surface area (Å²) in [6, 6.07) is 13.0. The molecule has 25 heavy (non-hydrogen) atoms. The quantitative estimate of drug-likeness (QED) is 0.342. The van der Waals surface area contributed by atoms with Crippen LogP contribution in [0.1, 0.15) is 12.7 Å². The van der Waals surface area contributed by atoms with Crippen LogP contribution in [0, 0.1) is 0 Å². The molecule has 2 aromatic carbocycles. The molecule has 0 aliphatic carbocycles. The van der Waals surface area contributed by atoms with Crippen LogP contribution < -0.4 is 11.1 Å². The molecule has 0 aliphatic rings. The first-order valence-corrected chi connectivity index (χ1v) is 8.51. The molecule has 0 unspecified atom stereocenters. The summed E-state index contributed by atoms with van der Waals surface area (Å²) in [4.78, 5) is 20.0. The number of carbonyl (C=O) groups is 1. The molecule has 128 valence electrons. The minimum atomic E-state index is -0.470. The van der Waals surface area contributed by atoms with Crippen LogP contribution in [0.4, 0.5) is 11.4 Å². The smallest absolute Gasteiger partial charge is 0.343 e. The first kappa shape index (κ1) is 17.0. The number of imidazole rings is 1. The molecule has 0 bridgehead atoms. The molecule has 3 rings (SSSR count). The molecular weight excluding hydrogens is 384 g/mol. The number of hydrogen-bond acceptors (Lipinski definition) is 5. The lowest BCUT2D eigenvalue weighted by atomic mass is 10.2. The van der Waals surface area contributed by atoms with Crippen LogP contribution in [-0.4, -0.2) is 22.5 Å². The molecule has 0 amide bonds. The van der Waals surface area contributed by atoms with Crippen molar-refractivity contribution in [1.82, 2.24) is 9.97 Å². The van der Waals surface area contributed by atoms with E-state index in [0.29, 0.717) is 17.2 Å². The van der Waals surface area contributed by atoms with E-state index in [0.717, 1.165) is 15.5 Å². The lowest BCUT2D eigenvalue weighted by molar-refractivity contribution is -0.136. The number of aromatic nitrogens is 2. The highest BCUT2D eigenvalue weighted by atomic mass is 79.9. The number of anilines is 2. The van der Waals surface area contributed by atoms with Crippen molar-refractivity contribution in [3.63, 3.8) is 0 Å². The Balaban J connectivity index is 1.99. The molecule has 0 spiro atoms. The summed E-state index contributed by atoms with van der Waals surface area (Å²) in [6.45, 7) is 2.03. The average molecular weight is 401 g/mol. The fourth-order valence-corrected chi connectivity index (χ4v) is 2.68. The number of hydrogen-bond donors (Lipinski definition) is 3. The van der Waals surface area contributed by atoms with Gasteiger partial charge in [-0.1, -0.05) is 28.1 Å². The van der Waals surface area contributed by atoms with Crippen molar-refractivity contribution >= 4 is 49.9 Å². The van der Waals surface area contributed by atoms with Gasteiger partial charge in [-0.05, 0) is 37.3 Å². The van der Waals surface area contributed by atoms with Gasteiger partial charge in [0.2, 0.25) is 0 Å². The van der Waals surface area contributed by atoms with E-state index < -0.39 is 5.97 Å². The zero-order valence-electron chi connectivity index (χ0n) is 13.5. The van der Waals surface area contributed by atoms with Crippen molar-refractivity contribution in [3.05, 3.63) is 59.0 Å². The first-order valence-electron chi connectivity index (χ1n) is 7.72. The number of benzene rings is 2. The third-order valence-corrected chi connectivity index (χ3v) is 4.02. The zero-order valence-corrected chi connectivity index (χ0v) is 15.1. The number of carbonyl (C=O) groups excluding carboxylic acids is 1. The molecule has 0 atom stereocenters. The maximum absolute atomic E-state index is 12.4. The molecule has 0 radical (unpaired) electrons. The molecule has 0 saturated carbocycles. The third kappa shape index (κ3) is 3.83. The summed E-state index contributed by atoms with van der Waals surface area (Å²) in [5.74, 6) is -0.0452. The van der Waals surface area contributed by atoms with Crippen LogP contribution in [0.5, 0.6) is 0 Å². The molecule has 1 heterocycles. The Kier molecular flexibility index (Phi) is 5.04. The van der Waals surface area contributed by atoms with Gasteiger partial charge in [0, 0.05) is 10.7 Å². The lowest BCUT2D eigenvalue weighted by Crippen LogP contribution is -2.10. The normalized spacial score (nSPS) is 11.5. The molecule has 4 N–H and O–H groups in total. The van der Waals surface area contributed by atoms with Crippen LogP contribution in [0.15, 0.2) is 53.1 Å². The number of H-pyrrole nitrogens is 1. The molecule has 3 aromatic rings. The number of ether oxygens (including phenoxy) is 1. The summed E-state index contributed by atoms with van der Waals surface area (Å²) in [5, 5.41) is 3.05. The maximum atomic E-state index is 12.4. The Bertz CT molecular complexity index is 949. The summed E-state index contributed by atoms with van der Waals surface area (Å²) in [5.41, 5.74) is 9.06. The van der Waals surface area contributed by atoms with Crippen molar-refractivity contribution in [2.45, 2.75) is 6.92 Å². The van der Waals surface area contributed by atoms with Gasteiger partial charge in [0.1, 0.15) is 11.4 Å². The van der Waals surface area contributed by atoms with Crippen molar-refractivity contribution in [2.24, 2.45) is 0 Å². The first-order chi connectivity index (χ1) is 12.1. The number of aromatic amines is 1. The number of halogens is 1. The summed E-state index contributed by atoms with van der Waals surface area (Å²) in [6.07, 6.45) is 1.55. The molecule has 7 heteroatoms. The number of esters is 1. The van der Waals surface area contributed by atoms with Gasteiger partial charge in [0.25, 0.3) is 0 Å². The number of nitrogens with one attached hydrogen (secondary N) is 2. The third-order valence-electron chi connectivity index (χ3n) is 3.53.